The summed E-state index contributed by atoms with van der Waals surface area (Å²) in [5, 5.41) is 6.78. The summed E-state index contributed by atoms with van der Waals surface area (Å²) in [6.07, 6.45) is -0.256. The number of nitrogens with one attached hydrogen (secondary N) is 1. The van der Waals surface area contributed by atoms with E-state index in [-0.39, 0.29) is 17.7 Å². The lowest BCUT2D eigenvalue weighted by Crippen LogP contribution is -2.28. The van der Waals surface area contributed by atoms with Gasteiger partial charge < -0.3 is 9.88 Å². The predicted octanol–water partition coefficient (Wildman–Crippen LogP) is 2.86. The lowest BCUT2D eigenvalue weighted by Gasteiger charge is -2.11. The average molecular weight is 409 g/mol. The van der Waals surface area contributed by atoms with Crippen LogP contribution in [0.1, 0.15) is 11.3 Å². The summed E-state index contributed by atoms with van der Waals surface area (Å²) in [5.41, 5.74) is 1.18. The maximum absolute atomic E-state index is 13.4. The molecule has 0 aliphatic rings. The van der Waals surface area contributed by atoms with Crippen molar-refractivity contribution in [2.45, 2.75) is 13.3 Å². The summed E-state index contributed by atoms with van der Waals surface area (Å²) in [7, 11) is 1.73. The molecule has 1 amide bonds. The van der Waals surface area contributed by atoms with E-state index in [0.717, 1.165) is 22.2 Å². The van der Waals surface area contributed by atoms with Crippen LogP contribution in [-0.4, -0.2) is 25.1 Å². The highest BCUT2D eigenvalue weighted by molar-refractivity contribution is 5.92. The van der Waals surface area contributed by atoms with Crippen LogP contribution in [0.5, 0.6) is 0 Å². The molecule has 4 rings (SSSR count). The quantitative estimate of drug-likeness (QED) is 0.562. The highest BCUT2D eigenvalue weighted by Crippen LogP contribution is 2.17. The molecule has 4 aromatic rings. The van der Waals surface area contributed by atoms with Crippen molar-refractivity contribution < 1.29 is 13.6 Å². The van der Waals surface area contributed by atoms with Gasteiger partial charge >= 0.3 is 0 Å². The van der Waals surface area contributed by atoms with Gasteiger partial charge in [-0.05, 0) is 19.1 Å². The molecule has 0 spiro atoms. The molecule has 0 saturated heterocycles. The maximum Gasteiger partial charge on any atom is 0.279 e. The Morgan fingerprint density at radius 2 is 1.83 bits per heavy atom. The molecule has 1 N–H and O–H groups in total. The minimum Gasteiger partial charge on any atom is -0.326 e. The van der Waals surface area contributed by atoms with Crippen molar-refractivity contribution >= 4 is 17.4 Å². The summed E-state index contributed by atoms with van der Waals surface area (Å²) >= 11 is 0. The summed E-state index contributed by atoms with van der Waals surface area (Å²) in [4.78, 5) is 29.9. The molecule has 0 saturated carbocycles. The molecular weight excluding hydrogens is 392 g/mol. The second-order valence-electron chi connectivity index (χ2n) is 6.80. The fourth-order valence-corrected chi connectivity index (χ4v) is 3.14. The lowest BCUT2D eigenvalue weighted by molar-refractivity contribution is -0.115. The molecule has 0 bridgehead atoms. The molecular formula is C21H17F2N5O2. The summed E-state index contributed by atoms with van der Waals surface area (Å²) in [6.45, 7) is 1.71. The zero-order valence-corrected chi connectivity index (χ0v) is 16.2. The summed E-state index contributed by atoms with van der Waals surface area (Å²) < 4.78 is 29.3. The number of nitrogens with zero attached hydrogens (tertiary/aromatic N) is 4. The Hall–Kier alpha value is -3.88. The van der Waals surface area contributed by atoms with Gasteiger partial charge in [0.1, 0.15) is 0 Å². The Morgan fingerprint density at radius 1 is 1.10 bits per heavy atom. The van der Waals surface area contributed by atoms with Crippen molar-refractivity contribution in [2.75, 3.05) is 5.32 Å². The van der Waals surface area contributed by atoms with Crippen LogP contribution >= 0.6 is 0 Å². The van der Waals surface area contributed by atoms with Crippen LogP contribution in [0.4, 0.5) is 14.5 Å². The number of rotatable bonds is 4. The highest BCUT2D eigenvalue weighted by atomic mass is 19.2. The third kappa shape index (κ3) is 3.45. The topological polar surface area (TPSA) is 81.3 Å². The summed E-state index contributed by atoms with van der Waals surface area (Å²) in [6, 6.07) is 12.3. The molecule has 0 atom stereocenters. The van der Waals surface area contributed by atoms with Crippen LogP contribution in [0.25, 0.3) is 17.2 Å². The number of aromatic nitrogens is 4. The molecule has 9 heteroatoms. The monoisotopic (exact) mass is 409 g/mol. The fraction of sp³-hybridized carbons (Fsp3) is 0.143. The van der Waals surface area contributed by atoms with Crippen molar-refractivity contribution in [3.05, 3.63) is 81.8 Å². The predicted molar refractivity (Wildman–Crippen MR) is 107 cm³/mol. The molecule has 2 aromatic carbocycles. The molecule has 30 heavy (non-hydrogen) atoms. The Labute approximate surface area is 169 Å². The smallest absolute Gasteiger partial charge is 0.279 e. The van der Waals surface area contributed by atoms with Gasteiger partial charge in [0.05, 0.1) is 6.42 Å². The highest BCUT2D eigenvalue weighted by Gasteiger charge is 2.19. The Balaban J connectivity index is 1.69. The standard InChI is InChI=1S/C21H17F2N5O2/c1-12-15(11-18(29)24-14-8-9-16(22)17(23)10-14)20(30)28-21(27(12)2)25-19(26-28)13-6-4-3-5-7-13/h3-10H,11H2,1-2H3,(H,24,29). The number of benzene rings is 2. The van der Waals surface area contributed by atoms with E-state index in [9.17, 15) is 18.4 Å². The number of anilines is 1. The normalized spacial score (nSPS) is 11.1. The van der Waals surface area contributed by atoms with Crippen molar-refractivity contribution in [1.82, 2.24) is 19.2 Å². The van der Waals surface area contributed by atoms with Crippen LogP contribution in [0.3, 0.4) is 0 Å². The zero-order valence-electron chi connectivity index (χ0n) is 16.2. The van der Waals surface area contributed by atoms with E-state index < -0.39 is 23.1 Å². The number of amides is 1. The van der Waals surface area contributed by atoms with Gasteiger partial charge in [0.2, 0.25) is 11.7 Å². The van der Waals surface area contributed by atoms with Crippen LogP contribution in [0, 0.1) is 18.6 Å². The van der Waals surface area contributed by atoms with E-state index in [1.165, 1.54) is 6.07 Å². The summed E-state index contributed by atoms with van der Waals surface area (Å²) in [5.74, 6) is -1.88. The Morgan fingerprint density at radius 3 is 2.53 bits per heavy atom. The number of fused-ring (bicyclic) bond motifs is 1. The number of carbonyl (C=O) groups is 1. The lowest BCUT2D eigenvalue weighted by atomic mass is 10.1. The van der Waals surface area contributed by atoms with Crippen LogP contribution in [0.15, 0.2) is 53.3 Å². The van der Waals surface area contributed by atoms with E-state index in [4.69, 9.17) is 0 Å². The fourth-order valence-electron chi connectivity index (χ4n) is 3.14. The van der Waals surface area contributed by atoms with Gasteiger partial charge in [0.15, 0.2) is 17.5 Å². The van der Waals surface area contributed by atoms with E-state index in [2.05, 4.69) is 15.4 Å². The first-order chi connectivity index (χ1) is 14.3. The van der Waals surface area contributed by atoms with Crippen molar-refractivity contribution in [3.8, 4) is 11.4 Å². The minimum atomic E-state index is -1.07. The van der Waals surface area contributed by atoms with Gasteiger partial charge in [0, 0.05) is 35.6 Å². The third-order valence-electron chi connectivity index (χ3n) is 4.85. The van der Waals surface area contributed by atoms with E-state index in [1.807, 2.05) is 30.3 Å². The average Bonchev–Trinajstić information content (AvgIpc) is 3.19. The number of aryl methyl sites for hydroxylation is 1. The molecule has 0 radical (unpaired) electrons. The van der Waals surface area contributed by atoms with Crippen molar-refractivity contribution in [2.24, 2.45) is 7.05 Å². The van der Waals surface area contributed by atoms with Crippen molar-refractivity contribution in [3.63, 3.8) is 0 Å². The van der Waals surface area contributed by atoms with Gasteiger partial charge in [-0.2, -0.15) is 9.50 Å². The van der Waals surface area contributed by atoms with E-state index >= 15 is 0 Å². The van der Waals surface area contributed by atoms with Gasteiger partial charge in [-0.1, -0.05) is 30.3 Å². The Bertz CT molecular complexity index is 1330. The minimum absolute atomic E-state index is 0.0987. The second kappa shape index (κ2) is 7.51. The van der Waals surface area contributed by atoms with Crippen LogP contribution in [-0.2, 0) is 18.3 Å². The largest absolute Gasteiger partial charge is 0.326 e. The van der Waals surface area contributed by atoms with Gasteiger partial charge in [-0.25, -0.2) is 8.78 Å². The van der Waals surface area contributed by atoms with E-state index in [0.29, 0.717) is 17.3 Å². The number of carbonyl (C=O) groups excluding carboxylic acids is 1. The molecule has 0 unspecified atom stereocenters. The molecule has 2 heterocycles. The van der Waals surface area contributed by atoms with Gasteiger partial charge in [-0.3, -0.25) is 9.59 Å². The zero-order chi connectivity index (χ0) is 21.4. The van der Waals surface area contributed by atoms with Crippen molar-refractivity contribution in [1.29, 1.82) is 0 Å². The molecule has 7 nitrogen and oxygen atoms in total. The first-order valence-corrected chi connectivity index (χ1v) is 9.10. The van der Waals surface area contributed by atoms with Gasteiger partial charge in [0.25, 0.3) is 5.56 Å². The molecule has 152 valence electrons. The number of hydrogen-bond acceptors (Lipinski definition) is 4. The molecule has 0 aliphatic carbocycles. The SMILES string of the molecule is Cc1c(CC(=O)Nc2ccc(F)c(F)c2)c(=O)n2nc(-c3ccccc3)nc2n1C. The van der Waals surface area contributed by atoms with Gasteiger partial charge in [-0.15, -0.1) is 5.10 Å². The van der Waals surface area contributed by atoms with E-state index in [1.54, 1.807) is 18.5 Å². The maximum atomic E-state index is 13.4. The molecule has 2 aromatic heterocycles. The van der Waals surface area contributed by atoms with Crippen LogP contribution < -0.4 is 10.9 Å². The van der Waals surface area contributed by atoms with Crippen LogP contribution in [0.2, 0.25) is 0 Å². The number of hydrogen-bond donors (Lipinski definition) is 1. The first-order valence-electron chi connectivity index (χ1n) is 9.10. The number of halogens is 2. The molecule has 0 fully saturated rings. The molecule has 0 aliphatic heterocycles. The second-order valence-corrected chi connectivity index (χ2v) is 6.80. The Kier molecular flexibility index (Phi) is 4.86. The first kappa shape index (κ1) is 19.4. The third-order valence-corrected chi connectivity index (χ3v) is 4.85.